The molecule has 0 amide bonds. The monoisotopic (exact) mass is 278 g/mol. The number of fused-ring (bicyclic) bond motifs is 1. The SMILES string of the molecule is CC1(C)CC(=O)c2sc(N3CCCCCC3)nc2C1. The molecule has 1 saturated heterocycles. The smallest absolute Gasteiger partial charge is 0.186 e. The van der Waals surface area contributed by atoms with E-state index in [0.29, 0.717) is 12.2 Å². The highest BCUT2D eigenvalue weighted by molar-refractivity contribution is 7.17. The fourth-order valence-electron chi connectivity index (χ4n) is 3.10. The second-order valence-electron chi connectivity index (χ2n) is 6.61. The second-order valence-corrected chi connectivity index (χ2v) is 7.59. The molecule has 0 radical (unpaired) electrons. The zero-order valence-corrected chi connectivity index (χ0v) is 12.7. The lowest BCUT2D eigenvalue weighted by Crippen LogP contribution is -2.26. The Morgan fingerprint density at radius 2 is 1.79 bits per heavy atom. The fraction of sp³-hybridized carbons (Fsp3) is 0.733. The van der Waals surface area contributed by atoms with E-state index in [9.17, 15) is 4.79 Å². The Hall–Kier alpha value is -0.900. The molecule has 0 aromatic carbocycles. The number of rotatable bonds is 1. The molecule has 2 heterocycles. The van der Waals surface area contributed by atoms with Gasteiger partial charge in [-0.2, -0.15) is 0 Å². The van der Waals surface area contributed by atoms with Crippen LogP contribution in [0.1, 0.15) is 61.3 Å². The first kappa shape index (κ1) is 13.1. The van der Waals surface area contributed by atoms with E-state index in [4.69, 9.17) is 4.98 Å². The predicted molar refractivity (Wildman–Crippen MR) is 79.2 cm³/mol. The number of thiazole rings is 1. The van der Waals surface area contributed by atoms with E-state index in [-0.39, 0.29) is 5.41 Å². The van der Waals surface area contributed by atoms with Crippen molar-refractivity contribution in [2.45, 2.75) is 52.4 Å². The van der Waals surface area contributed by atoms with Crippen molar-refractivity contribution >= 4 is 22.3 Å². The van der Waals surface area contributed by atoms with Crippen molar-refractivity contribution in [3.05, 3.63) is 10.6 Å². The molecule has 0 saturated carbocycles. The van der Waals surface area contributed by atoms with Gasteiger partial charge in [0.15, 0.2) is 10.9 Å². The number of anilines is 1. The Morgan fingerprint density at radius 3 is 2.47 bits per heavy atom. The molecule has 0 atom stereocenters. The lowest BCUT2D eigenvalue weighted by atomic mass is 9.78. The molecular weight excluding hydrogens is 256 g/mol. The molecule has 0 unspecified atom stereocenters. The molecule has 2 aliphatic rings. The molecule has 0 N–H and O–H groups in total. The Kier molecular flexibility index (Phi) is 3.37. The van der Waals surface area contributed by atoms with Crippen LogP contribution in [-0.4, -0.2) is 23.9 Å². The molecule has 3 rings (SSSR count). The van der Waals surface area contributed by atoms with Crippen LogP contribution in [0.4, 0.5) is 5.13 Å². The molecule has 1 fully saturated rings. The minimum Gasteiger partial charge on any atom is -0.348 e. The van der Waals surface area contributed by atoms with Gasteiger partial charge in [-0.05, 0) is 24.7 Å². The van der Waals surface area contributed by atoms with Gasteiger partial charge in [0.1, 0.15) is 0 Å². The first-order chi connectivity index (χ1) is 9.05. The fourth-order valence-corrected chi connectivity index (χ4v) is 4.18. The normalized spacial score (nSPS) is 23.1. The zero-order chi connectivity index (χ0) is 13.5. The molecule has 1 aromatic heterocycles. The summed E-state index contributed by atoms with van der Waals surface area (Å²) in [7, 11) is 0. The molecule has 19 heavy (non-hydrogen) atoms. The van der Waals surface area contributed by atoms with Gasteiger partial charge in [-0.25, -0.2) is 4.98 Å². The standard InChI is InChI=1S/C15H22N2OS/c1-15(2)9-11-13(12(18)10-15)19-14(16-11)17-7-5-3-4-6-8-17/h3-10H2,1-2H3. The van der Waals surface area contributed by atoms with E-state index in [2.05, 4.69) is 18.7 Å². The molecule has 0 bridgehead atoms. The van der Waals surface area contributed by atoms with Crippen molar-refractivity contribution < 1.29 is 4.79 Å². The Morgan fingerprint density at radius 1 is 1.11 bits per heavy atom. The number of carbonyl (C=O) groups is 1. The van der Waals surface area contributed by atoms with Crippen LogP contribution in [-0.2, 0) is 6.42 Å². The number of Topliss-reactive ketones (excluding diaryl/α,β-unsaturated/α-hetero) is 1. The molecule has 0 spiro atoms. The van der Waals surface area contributed by atoms with Crippen LogP contribution < -0.4 is 4.90 Å². The average Bonchev–Trinajstić information content (AvgIpc) is 2.58. The van der Waals surface area contributed by atoms with Crippen molar-refractivity contribution in [1.29, 1.82) is 0 Å². The first-order valence-electron chi connectivity index (χ1n) is 7.33. The third kappa shape index (κ3) is 2.69. The predicted octanol–water partition coefficient (Wildman–Crippen LogP) is 3.68. The lowest BCUT2D eigenvalue weighted by molar-refractivity contribution is 0.0916. The van der Waals surface area contributed by atoms with Gasteiger partial charge < -0.3 is 4.90 Å². The highest BCUT2D eigenvalue weighted by Crippen LogP contribution is 2.39. The maximum absolute atomic E-state index is 12.2. The first-order valence-corrected chi connectivity index (χ1v) is 8.15. The topological polar surface area (TPSA) is 33.2 Å². The maximum atomic E-state index is 12.2. The minimum atomic E-state index is 0.0776. The largest absolute Gasteiger partial charge is 0.348 e. The number of ketones is 1. The van der Waals surface area contributed by atoms with Gasteiger partial charge in [0, 0.05) is 19.5 Å². The van der Waals surface area contributed by atoms with Crippen LogP contribution in [0.15, 0.2) is 0 Å². The van der Waals surface area contributed by atoms with Crippen LogP contribution in [0.2, 0.25) is 0 Å². The lowest BCUT2D eigenvalue weighted by Gasteiger charge is -2.26. The summed E-state index contributed by atoms with van der Waals surface area (Å²) in [6, 6.07) is 0. The summed E-state index contributed by atoms with van der Waals surface area (Å²) in [4.78, 5) is 20.3. The summed E-state index contributed by atoms with van der Waals surface area (Å²) in [6.07, 6.45) is 6.77. The zero-order valence-electron chi connectivity index (χ0n) is 11.9. The summed E-state index contributed by atoms with van der Waals surface area (Å²) in [5, 5.41) is 1.08. The van der Waals surface area contributed by atoms with Gasteiger partial charge in [0.25, 0.3) is 0 Å². The van der Waals surface area contributed by atoms with Crippen LogP contribution in [0.5, 0.6) is 0 Å². The molecule has 1 aliphatic carbocycles. The summed E-state index contributed by atoms with van der Waals surface area (Å²) in [5.41, 5.74) is 1.12. The van der Waals surface area contributed by atoms with Crippen molar-refractivity contribution in [2.24, 2.45) is 5.41 Å². The van der Waals surface area contributed by atoms with Crippen molar-refractivity contribution in [3.8, 4) is 0 Å². The van der Waals surface area contributed by atoms with Gasteiger partial charge >= 0.3 is 0 Å². The van der Waals surface area contributed by atoms with Gasteiger partial charge in [-0.3, -0.25) is 4.79 Å². The number of hydrogen-bond donors (Lipinski definition) is 0. The number of nitrogens with zero attached hydrogens (tertiary/aromatic N) is 2. The highest BCUT2D eigenvalue weighted by atomic mass is 32.1. The molecule has 1 aromatic rings. The van der Waals surface area contributed by atoms with Crippen LogP contribution in [0.25, 0.3) is 0 Å². The Bertz CT molecular complexity index is 484. The molecule has 104 valence electrons. The number of hydrogen-bond acceptors (Lipinski definition) is 4. The van der Waals surface area contributed by atoms with Crippen LogP contribution in [0, 0.1) is 5.41 Å². The van der Waals surface area contributed by atoms with E-state index < -0.39 is 0 Å². The molecule has 4 heteroatoms. The van der Waals surface area contributed by atoms with E-state index in [1.54, 1.807) is 11.3 Å². The third-order valence-corrected chi connectivity index (χ3v) is 5.30. The minimum absolute atomic E-state index is 0.0776. The third-order valence-electron chi connectivity index (χ3n) is 4.10. The van der Waals surface area contributed by atoms with Crippen LogP contribution >= 0.6 is 11.3 Å². The summed E-state index contributed by atoms with van der Waals surface area (Å²) < 4.78 is 0. The quantitative estimate of drug-likeness (QED) is 0.785. The van der Waals surface area contributed by atoms with E-state index in [1.807, 2.05) is 0 Å². The second kappa shape index (κ2) is 4.89. The highest BCUT2D eigenvalue weighted by Gasteiger charge is 2.34. The van der Waals surface area contributed by atoms with Crippen molar-refractivity contribution in [2.75, 3.05) is 18.0 Å². The van der Waals surface area contributed by atoms with Gasteiger partial charge in [-0.15, -0.1) is 0 Å². The molecular formula is C15H22N2OS. The Labute approximate surface area is 119 Å². The van der Waals surface area contributed by atoms with Gasteiger partial charge in [0.05, 0.1) is 10.6 Å². The number of aromatic nitrogens is 1. The van der Waals surface area contributed by atoms with Gasteiger partial charge in [-0.1, -0.05) is 38.0 Å². The summed E-state index contributed by atoms with van der Waals surface area (Å²) in [6.45, 7) is 6.53. The average molecular weight is 278 g/mol. The van der Waals surface area contributed by atoms with E-state index >= 15 is 0 Å². The molecule has 3 nitrogen and oxygen atoms in total. The maximum Gasteiger partial charge on any atom is 0.186 e. The van der Waals surface area contributed by atoms with Crippen molar-refractivity contribution in [3.63, 3.8) is 0 Å². The molecule has 1 aliphatic heterocycles. The van der Waals surface area contributed by atoms with E-state index in [1.165, 1.54) is 25.7 Å². The summed E-state index contributed by atoms with van der Waals surface area (Å²) >= 11 is 1.63. The van der Waals surface area contributed by atoms with Crippen molar-refractivity contribution in [1.82, 2.24) is 4.98 Å². The Balaban J connectivity index is 1.87. The van der Waals surface area contributed by atoms with E-state index in [0.717, 1.165) is 35.2 Å². The summed E-state index contributed by atoms with van der Waals surface area (Å²) in [5.74, 6) is 0.296. The van der Waals surface area contributed by atoms with Crippen LogP contribution in [0.3, 0.4) is 0 Å². The number of carbonyl (C=O) groups excluding carboxylic acids is 1. The van der Waals surface area contributed by atoms with Gasteiger partial charge in [0.2, 0.25) is 0 Å².